The first-order valence-corrected chi connectivity index (χ1v) is 16.1. The van der Waals surface area contributed by atoms with E-state index in [2.05, 4.69) is 5.32 Å². The number of hydrogen-bond donors (Lipinski definition) is 1. The van der Waals surface area contributed by atoms with Gasteiger partial charge in [0, 0.05) is 22.6 Å². The van der Waals surface area contributed by atoms with Crippen LogP contribution in [0.25, 0.3) is 0 Å². The first-order valence-electron chi connectivity index (χ1n) is 13.9. The third-order valence-electron chi connectivity index (χ3n) is 7.50. The highest BCUT2D eigenvalue weighted by Gasteiger charge is 2.34. The van der Waals surface area contributed by atoms with Crippen LogP contribution in [-0.2, 0) is 26.2 Å². The summed E-state index contributed by atoms with van der Waals surface area (Å²) >= 11 is 12.6. The number of para-hydroxylation sites is 2. The van der Waals surface area contributed by atoms with Crippen molar-refractivity contribution >= 4 is 50.7 Å². The molecule has 3 aromatic carbocycles. The van der Waals surface area contributed by atoms with Gasteiger partial charge in [0.15, 0.2) is 0 Å². The minimum absolute atomic E-state index is 0.0338. The number of hydrogen-bond acceptors (Lipinski definition) is 6. The summed E-state index contributed by atoms with van der Waals surface area (Å²) in [5.74, 6) is -0.200. The molecule has 0 unspecified atom stereocenters. The smallest absolute Gasteiger partial charge is 0.264 e. The topological polar surface area (TPSA) is 105 Å². The Morgan fingerprint density at radius 2 is 1.65 bits per heavy atom. The van der Waals surface area contributed by atoms with E-state index in [9.17, 15) is 18.0 Å². The maximum Gasteiger partial charge on any atom is 0.264 e. The van der Waals surface area contributed by atoms with Gasteiger partial charge in [0.1, 0.15) is 24.1 Å². The number of carbonyl (C=O) groups is 2. The Bertz CT molecular complexity index is 1550. The van der Waals surface area contributed by atoms with Crippen molar-refractivity contribution in [1.82, 2.24) is 10.2 Å². The normalized spacial score (nSPS) is 14.2. The lowest BCUT2D eigenvalue weighted by Gasteiger charge is -2.33. The van der Waals surface area contributed by atoms with E-state index in [1.54, 1.807) is 49.4 Å². The van der Waals surface area contributed by atoms with Gasteiger partial charge >= 0.3 is 0 Å². The van der Waals surface area contributed by atoms with E-state index in [1.807, 2.05) is 0 Å². The SMILES string of the molecule is COc1ccc(S(=O)(=O)N(CC(=O)N(Cc2ccc(Cl)cc2Cl)[C@@H](C)C(=O)NC2CCCC2)c2ccccc2OC)cc1. The molecule has 0 radical (unpaired) electrons. The highest BCUT2D eigenvalue weighted by atomic mass is 35.5. The third kappa shape index (κ3) is 7.74. The molecular weight excluding hydrogens is 613 g/mol. The van der Waals surface area contributed by atoms with Gasteiger partial charge in [0.05, 0.1) is 24.8 Å². The van der Waals surface area contributed by atoms with Crippen molar-refractivity contribution in [1.29, 1.82) is 0 Å². The molecule has 1 atom stereocenters. The Kier molecular flexibility index (Phi) is 10.8. The molecule has 1 aliphatic rings. The van der Waals surface area contributed by atoms with Crippen LogP contribution in [0.15, 0.2) is 71.6 Å². The molecule has 9 nitrogen and oxygen atoms in total. The molecule has 0 saturated heterocycles. The number of anilines is 1. The first-order chi connectivity index (χ1) is 20.5. The lowest BCUT2D eigenvalue weighted by Crippen LogP contribution is -2.52. The van der Waals surface area contributed by atoms with Gasteiger partial charge in [-0.3, -0.25) is 13.9 Å². The van der Waals surface area contributed by atoms with Crippen LogP contribution < -0.4 is 19.1 Å². The zero-order chi connectivity index (χ0) is 31.1. The molecule has 1 saturated carbocycles. The number of halogens is 2. The Morgan fingerprint density at radius 1 is 0.977 bits per heavy atom. The van der Waals surface area contributed by atoms with E-state index in [1.165, 1.54) is 43.4 Å². The lowest BCUT2D eigenvalue weighted by atomic mass is 10.1. The number of benzene rings is 3. The van der Waals surface area contributed by atoms with E-state index in [4.69, 9.17) is 32.7 Å². The number of ether oxygens (including phenoxy) is 2. The fourth-order valence-electron chi connectivity index (χ4n) is 5.03. The van der Waals surface area contributed by atoms with Gasteiger partial charge in [-0.15, -0.1) is 0 Å². The van der Waals surface area contributed by atoms with Gasteiger partial charge in [0.25, 0.3) is 10.0 Å². The van der Waals surface area contributed by atoms with E-state index in [0.717, 1.165) is 30.0 Å². The van der Waals surface area contributed by atoms with E-state index < -0.39 is 28.5 Å². The van der Waals surface area contributed by atoms with Gasteiger partial charge in [-0.05, 0) is 73.9 Å². The average molecular weight is 649 g/mol. The predicted molar refractivity (Wildman–Crippen MR) is 167 cm³/mol. The monoisotopic (exact) mass is 647 g/mol. The third-order valence-corrected chi connectivity index (χ3v) is 9.87. The Labute approximate surface area is 262 Å². The maximum atomic E-state index is 14.2. The molecule has 1 N–H and O–H groups in total. The molecule has 0 aromatic heterocycles. The van der Waals surface area contributed by atoms with Crippen LogP contribution >= 0.6 is 23.2 Å². The molecule has 12 heteroatoms. The van der Waals surface area contributed by atoms with Gasteiger partial charge < -0.3 is 19.7 Å². The summed E-state index contributed by atoms with van der Waals surface area (Å²) in [5, 5.41) is 3.79. The molecule has 0 bridgehead atoms. The van der Waals surface area contributed by atoms with E-state index >= 15 is 0 Å². The lowest BCUT2D eigenvalue weighted by molar-refractivity contribution is -0.139. The molecule has 230 valence electrons. The Hall–Kier alpha value is -3.47. The van der Waals surface area contributed by atoms with Crippen LogP contribution in [0.2, 0.25) is 10.0 Å². The fourth-order valence-corrected chi connectivity index (χ4v) is 6.92. The minimum Gasteiger partial charge on any atom is -0.497 e. The number of sulfonamides is 1. The quantitative estimate of drug-likeness (QED) is 0.271. The van der Waals surface area contributed by atoms with Crippen LogP contribution in [0.1, 0.15) is 38.2 Å². The van der Waals surface area contributed by atoms with Crippen LogP contribution in [0.3, 0.4) is 0 Å². The standard InChI is InChI=1S/C31H35Cl2N3O6S/c1-21(31(38)34-24-8-4-5-9-24)35(19-22-12-13-23(32)18-27(22)33)30(37)20-36(28-10-6-7-11-29(28)42-3)43(39,40)26-16-14-25(41-2)15-17-26/h6-7,10-18,21,24H,4-5,8-9,19-20H2,1-3H3,(H,34,38)/t21-/m0/s1. The molecule has 1 aliphatic carbocycles. The largest absolute Gasteiger partial charge is 0.497 e. The number of nitrogens with one attached hydrogen (secondary N) is 1. The molecule has 2 amide bonds. The van der Waals surface area contributed by atoms with Gasteiger partial charge in [-0.2, -0.15) is 0 Å². The van der Waals surface area contributed by atoms with Crippen molar-refractivity contribution < 1.29 is 27.5 Å². The van der Waals surface area contributed by atoms with Gasteiger partial charge in [-0.1, -0.05) is 54.2 Å². The highest BCUT2D eigenvalue weighted by molar-refractivity contribution is 7.92. The summed E-state index contributed by atoms with van der Waals surface area (Å²) in [6.45, 7) is 0.967. The molecular formula is C31H35Cl2N3O6S. The Morgan fingerprint density at radius 3 is 2.28 bits per heavy atom. The van der Waals surface area contributed by atoms with Crippen molar-refractivity contribution in [2.24, 2.45) is 0 Å². The van der Waals surface area contributed by atoms with Gasteiger partial charge in [-0.25, -0.2) is 8.42 Å². The van der Waals surface area contributed by atoms with Crippen molar-refractivity contribution in [3.8, 4) is 11.5 Å². The first kappa shape index (κ1) is 32.4. The summed E-state index contributed by atoms with van der Waals surface area (Å²) in [6.07, 6.45) is 3.80. The van der Waals surface area contributed by atoms with E-state index in [-0.39, 0.29) is 34.8 Å². The Balaban J connectivity index is 1.73. The van der Waals surface area contributed by atoms with Crippen molar-refractivity contribution in [3.63, 3.8) is 0 Å². The van der Waals surface area contributed by atoms with E-state index in [0.29, 0.717) is 21.4 Å². The molecule has 0 spiro atoms. The predicted octanol–water partition coefficient (Wildman–Crippen LogP) is 5.68. The maximum absolute atomic E-state index is 14.2. The number of amides is 2. The van der Waals surface area contributed by atoms with Crippen molar-refractivity contribution in [3.05, 3.63) is 82.3 Å². The van der Waals surface area contributed by atoms with Crippen LogP contribution in [-0.4, -0.2) is 58.0 Å². The zero-order valence-electron chi connectivity index (χ0n) is 24.3. The molecule has 0 heterocycles. The van der Waals surface area contributed by atoms with Crippen LogP contribution in [0.4, 0.5) is 5.69 Å². The zero-order valence-corrected chi connectivity index (χ0v) is 26.6. The number of rotatable bonds is 12. The second kappa shape index (κ2) is 14.3. The summed E-state index contributed by atoms with van der Waals surface area (Å²) in [4.78, 5) is 28.9. The summed E-state index contributed by atoms with van der Waals surface area (Å²) in [7, 11) is -1.38. The van der Waals surface area contributed by atoms with Crippen molar-refractivity contribution in [2.45, 2.75) is 56.1 Å². The van der Waals surface area contributed by atoms with Crippen molar-refractivity contribution in [2.75, 3.05) is 25.1 Å². The molecule has 4 rings (SSSR count). The molecule has 1 fully saturated rings. The fraction of sp³-hybridized carbons (Fsp3) is 0.355. The summed E-state index contributed by atoms with van der Waals surface area (Å²) in [5.41, 5.74) is 0.725. The average Bonchev–Trinajstić information content (AvgIpc) is 3.52. The summed E-state index contributed by atoms with van der Waals surface area (Å²) < 4.78 is 39.8. The minimum atomic E-state index is -4.29. The summed E-state index contributed by atoms with van der Waals surface area (Å²) in [6, 6.07) is 16.4. The molecule has 0 aliphatic heterocycles. The number of methoxy groups -OCH3 is 2. The highest BCUT2D eigenvalue weighted by Crippen LogP contribution is 2.33. The molecule has 3 aromatic rings. The number of carbonyl (C=O) groups excluding carboxylic acids is 2. The van der Waals surface area contributed by atoms with Crippen LogP contribution in [0.5, 0.6) is 11.5 Å². The molecule has 43 heavy (non-hydrogen) atoms. The van der Waals surface area contributed by atoms with Crippen LogP contribution in [0, 0.1) is 0 Å². The second-order valence-electron chi connectivity index (χ2n) is 10.3. The second-order valence-corrected chi connectivity index (χ2v) is 13.0. The van der Waals surface area contributed by atoms with Gasteiger partial charge in [0.2, 0.25) is 11.8 Å². The number of nitrogens with zero attached hydrogens (tertiary/aromatic N) is 2.